The van der Waals surface area contributed by atoms with E-state index in [-0.39, 0.29) is 11.5 Å². The molecule has 1 aliphatic heterocycles. The van der Waals surface area contributed by atoms with Crippen molar-refractivity contribution in [3.8, 4) is 0 Å². The monoisotopic (exact) mass is 273 g/mol. The lowest BCUT2D eigenvalue weighted by molar-refractivity contribution is 0.562. The lowest BCUT2D eigenvalue weighted by Gasteiger charge is -2.17. The second-order valence-corrected chi connectivity index (χ2v) is 6.91. The summed E-state index contributed by atoms with van der Waals surface area (Å²) in [7, 11) is 0. The molecule has 108 valence electrons. The minimum absolute atomic E-state index is 0.0397. The highest BCUT2D eigenvalue weighted by Crippen LogP contribution is 2.28. The second kappa shape index (κ2) is 4.45. The summed E-state index contributed by atoms with van der Waals surface area (Å²) in [5.74, 6) is 1.50. The van der Waals surface area contributed by atoms with Crippen molar-refractivity contribution in [1.82, 2.24) is 14.6 Å². The second-order valence-electron chi connectivity index (χ2n) is 6.91. The summed E-state index contributed by atoms with van der Waals surface area (Å²) >= 11 is 0. The van der Waals surface area contributed by atoms with Gasteiger partial charge in [0, 0.05) is 36.9 Å². The highest BCUT2D eigenvalue weighted by molar-refractivity contribution is 5.70. The molecule has 20 heavy (non-hydrogen) atoms. The first kappa shape index (κ1) is 13.4. The molecule has 1 fully saturated rings. The molecule has 2 unspecified atom stereocenters. The lowest BCUT2D eigenvalue weighted by atomic mass is 9.92. The number of hydrogen-bond donors (Lipinski definition) is 1. The van der Waals surface area contributed by atoms with Gasteiger partial charge in [-0.05, 0) is 12.0 Å². The van der Waals surface area contributed by atoms with E-state index >= 15 is 0 Å². The maximum absolute atomic E-state index is 6.13. The number of hydrogen-bond acceptors (Lipinski definition) is 4. The minimum Gasteiger partial charge on any atom is -0.353 e. The van der Waals surface area contributed by atoms with E-state index in [1.165, 1.54) is 0 Å². The Bertz CT molecular complexity index is 615. The van der Waals surface area contributed by atoms with Crippen LogP contribution in [0, 0.1) is 5.92 Å². The van der Waals surface area contributed by atoms with Crippen LogP contribution < -0.4 is 10.6 Å². The Morgan fingerprint density at radius 3 is 2.65 bits per heavy atom. The fraction of sp³-hybridized carbons (Fsp3) is 0.600. The molecular weight excluding hydrogens is 250 g/mol. The van der Waals surface area contributed by atoms with Gasteiger partial charge in [-0.1, -0.05) is 27.7 Å². The Kier molecular flexibility index (Phi) is 2.97. The quantitative estimate of drug-likeness (QED) is 0.861. The van der Waals surface area contributed by atoms with Gasteiger partial charge >= 0.3 is 0 Å². The van der Waals surface area contributed by atoms with Gasteiger partial charge in [-0.2, -0.15) is 5.10 Å². The van der Waals surface area contributed by atoms with Gasteiger partial charge in [-0.3, -0.25) is 0 Å². The molecule has 0 spiro atoms. The molecule has 0 bridgehead atoms. The highest BCUT2D eigenvalue weighted by Gasteiger charge is 2.29. The third-order valence-electron chi connectivity index (χ3n) is 4.11. The van der Waals surface area contributed by atoms with Gasteiger partial charge < -0.3 is 10.6 Å². The average Bonchev–Trinajstić information content (AvgIpc) is 2.93. The Balaban J connectivity index is 2.06. The fourth-order valence-corrected chi connectivity index (χ4v) is 2.68. The van der Waals surface area contributed by atoms with Crippen LogP contribution in [0.15, 0.2) is 18.5 Å². The number of aromatic nitrogens is 3. The first-order valence-corrected chi connectivity index (χ1v) is 7.21. The third kappa shape index (κ3) is 2.16. The van der Waals surface area contributed by atoms with E-state index in [2.05, 4.69) is 48.7 Å². The van der Waals surface area contributed by atoms with Crippen LogP contribution in [0.25, 0.3) is 5.52 Å². The molecule has 5 nitrogen and oxygen atoms in total. The van der Waals surface area contributed by atoms with Crippen LogP contribution in [0.3, 0.4) is 0 Å². The van der Waals surface area contributed by atoms with Crippen LogP contribution >= 0.6 is 0 Å². The van der Waals surface area contributed by atoms with Crippen LogP contribution in [0.4, 0.5) is 5.82 Å². The van der Waals surface area contributed by atoms with E-state index in [4.69, 9.17) is 5.73 Å². The van der Waals surface area contributed by atoms with E-state index in [0.29, 0.717) is 5.92 Å². The fourth-order valence-electron chi connectivity index (χ4n) is 2.68. The predicted molar refractivity (Wildman–Crippen MR) is 81.0 cm³/mol. The maximum atomic E-state index is 6.13. The maximum Gasteiger partial charge on any atom is 0.154 e. The lowest BCUT2D eigenvalue weighted by Crippen LogP contribution is -2.28. The molecule has 5 heteroatoms. The Morgan fingerprint density at radius 1 is 1.30 bits per heavy atom. The van der Waals surface area contributed by atoms with Crippen LogP contribution in [0.1, 0.15) is 33.4 Å². The molecule has 2 N–H and O–H groups in total. The average molecular weight is 273 g/mol. The SMILES string of the molecule is CC1CN(c2nccn3nc(C(C)(C)C)cc23)CC1N. The van der Waals surface area contributed by atoms with Crippen molar-refractivity contribution >= 4 is 11.3 Å². The molecule has 0 aliphatic carbocycles. The van der Waals surface area contributed by atoms with Crippen molar-refractivity contribution in [2.75, 3.05) is 18.0 Å². The summed E-state index contributed by atoms with van der Waals surface area (Å²) in [6, 6.07) is 2.37. The summed E-state index contributed by atoms with van der Waals surface area (Å²) < 4.78 is 1.93. The minimum atomic E-state index is 0.0397. The van der Waals surface area contributed by atoms with Gasteiger partial charge in [0.25, 0.3) is 0 Å². The van der Waals surface area contributed by atoms with Gasteiger partial charge in [-0.25, -0.2) is 9.50 Å². The topological polar surface area (TPSA) is 59.5 Å². The summed E-state index contributed by atoms with van der Waals surface area (Å²) in [6.07, 6.45) is 3.73. The van der Waals surface area contributed by atoms with E-state index in [1.807, 2.05) is 16.9 Å². The molecular formula is C15H23N5. The molecule has 3 heterocycles. The molecule has 3 rings (SSSR count). The Hall–Kier alpha value is -1.62. The molecule has 1 saturated heterocycles. The van der Waals surface area contributed by atoms with Gasteiger partial charge in [0.15, 0.2) is 5.82 Å². The van der Waals surface area contributed by atoms with Crippen molar-refractivity contribution < 1.29 is 0 Å². The van der Waals surface area contributed by atoms with E-state index in [9.17, 15) is 0 Å². The highest BCUT2D eigenvalue weighted by atomic mass is 15.3. The predicted octanol–water partition coefficient (Wildman–Crippen LogP) is 1.81. The molecule has 2 aromatic heterocycles. The normalized spacial score (nSPS) is 23.8. The van der Waals surface area contributed by atoms with Crippen molar-refractivity contribution in [2.45, 2.75) is 39.2 Å². The van der Waals surface area contributed by atoms with Crippen LogP contribution in [0.2, 0.25) is 0 Å². The number of fused-ring (bicyclic) bond motifs is 1. The third-order valence-corrected chi connectivity index (χ3v) is 4.11. The van der Waals surface area contributed by atoms with E-state index in [1.54, 1.807) is 0 Å². The van der Waals surface area contributed by atoms with Gasteiger partial charge in [0.05, 0.1) is 5.69 Å². The van der Waals surface area contributed by atoms with Gasteiger partial charge in [0.1, 0.15) is 5.52 Å². The number of nitrogens with two attached hydrogens (primary N) is 1. The standard InChI is InChI=1S/C15H23N5/c1-10-8-19(9-11(10)16)14-12-7-13(15(2,3)4)18-20(12)6-5-17-14/h5-7,10-11H,8-9,16H2,1-4H3. The van der Waals surface area contributed by atoms with Crippen molar-refractivity contribution in [3.05, 3.63) is 24.2 Å². The molecule has 0 saturated carbocycles. The summed E-state index contributed by atoms with van der Waals surface area (Å²) in [6.45, 7) is 10.6. The van der Waals surface area contributed by atoms with Crippen LogP contribution in [0.5, 0.6) is 0 Å². The Labute approximate surface area is 119 Å². The summed E-state index contributed by atoms with van der Waals surface area (Å²) in [5.41, 5.74) is 8.33. The zero-order chi connectivity index (χ0) is 14.5. The zero-order valence-corrected chi connectivity index (χ0v) is 12.7. The van der Waals surface area contributed by atoms with Crippen molar-refractivity contribution in [2.24, 2.45) is 11.7 Å². The summed E-state index contributed by atoms with van der Waals surface area (Å²) in [5, 5.41) is 4.67. The Morgan fingerprint density at radius 2 is 2.05 bits per heavy atom. The number of nitrogens with zero attached hydrogens (tertiary/aromatic N) is 4. The van der Waals surface area contributed by atoms with Crippen LogP contribution in [-0.2, 0) is 5.41 Å². The first-order valence-electron chi connectivity index (χ1n) is 7.21. The zero-order valence-electron chi connectivity index (χ0n) is 12.7. The molecule has 2 aromatic rings. The van der Waals surface area contributed by atoms with Gasteiger partial charge in [-0.15, -0.1) is 0 Å². The van der Waals surface area contributed by atoms with Crippen molar-refractivity contribution in [1.29, 1.82) is 0 Å². The largest absolute Gasteiger partial charge is 0.353 e. The molecule has 1 aliphatic rings. The molecule has 0 aromatic carbocycles. The molecule has 0 radical (unpaired) electrons. The smallest absolute Gasteiger partial charge is 0.154 e. The number of rotatable bonds is 1. The first-order chi connectivity index (χ1) is 9.36. The molecule has 2 atom stereocenters. The summed E-state index contributed by atoms with van der Waals surface area (Å²) in [4.78, 5) is 6.84. The van der Waals surface area contributed by atoms with E-state index < -0.39 is 0 Å². The molecule has 0 amide bonds. The van der Waals surface area contributed by atoms with Crippen LogP contribution in [-0.4, -0.2) is 33.7 Å². The van der Waals surface area contributed by atoms with Crippen molar-refractivity contribution in [3.63, 3.8) is 0 Å². The number of anilines is 1. The van der Waals surface area contributed by atoms with Gasteiger partial charge in [0.2, 0.25) is 0 Å². The van der Waals surface area contributed by atoms with E-state index in [0.717, 1.165) is 30.1 Å².